The minimum atomic E-state index is 0.0469. The number of likely N-dealkylation sites (tertiary alicyclic amines) is 1. The topological polar surface area (TPSA) is 44.7 Å². The maximum atomic E-state index is 11.4. The zero-order valence-corrected chi connectivity index (χ0v) is 11.3. The minimum Gasteiger partial charge on any atom is -0.300 e. The van der Waals surface area contributed by atoms with Crippen LogP contribution in [0.5, 0.6) is 0 Å². The Bertz CT molecular complexity index is 264. The predicted molar refractivity (Wildman–Crippen MR) is 71.0 cm³/mol. The Hall–Kier alpha value is -0.900. The Labute approximate surface area is 104 Å². The van der Waals surface area contributed by atoms with Crippen LogP contribution in [-0.4, -0.2) is 35.7 Å². The number of carbonyl (C=O) groups excluding carboxylic acids is 1. The largest absolute Gasteiger partial charge is 0.300 e. The van der Waals surface area contributed by atoms with Gasteiger partial charge in [-0.15, -0.1) is 0 Å². The lowest BCUT2D eigenvalue weighted by Crippen LogP contribution is -2.39. The van der Waals surface area contributed by atoms with E-state index in [1.807, 2.05) is 0 Å². The third kappa shape index (κ3) is 5.31. The van der Waals surface area contributed by atoms with Crippen molar-refractivity contribution in [3.63, 3.8) is 0 Å². The van der Waals surface area contributed by atoms with Crippen molar-refractivity contribution in [3.05, 3.63) is 0 Å². The van der Waals surface area contributed by atoms with Crippen LogP contribution < -0.4 is 5.43 Å². The van der Waals surface area contributed by atoms with Crippen LogP contribution in [0.4, 0.5) is 0 Å². The molecule has 0 atom stereocenters. The number of carbonyl (C=O) groups is 1. The Morgan fingerprint density at radius 1 is 1.41 bits per heavy atom. The Kier molecular flexibility index (Phi) is 6.19. The number of hydrogen-bond acceptors (Lipinski definition) is 3. The van der Waals surface area contributed by atoms with Crippen molar-refractivity contribution in [3.8, 4) is 0 Å². The van der Waals surface area contributed by atoms with Gasteiger partial charge in [-0.1, -0.05) is 13.3 Å². The van der Waals surface area contributed by atoms with Gasteiger partial charge < -0.3 is 4.90 Å². The van der Waals surface area contributed by atoms with Crippen molar-refractivity contribution in [1.29, 1.82) is 0 Å². The highest BCUT2D eigenvalue weighted by atomic mass is 16.2. The number of hydrazone groups is 1. The second-order valence-electron chi connectivity index (χ2n) is 4.95. The maximum absolute atomic E-state index is 11.4. The third-order valence-corrected chi connectivity index (χ3v) is 3.20. The van der Waals surface area contributed by atoms with E-state index in [1.165, 1.54) is 0 Å². The first-order valence-corrected chi connectivity index (χ1v) is 6.71. The summed E-state index contributed by atoms with van der Waals surface area (Å²) in [7, 11) is 0. The molecule has 0 radical (unpaired) electrons. The van der Waals surface area contributed by atoms with Crippen molar-refractivity contribution in [2.45, 2.75) is 58.9 Å². The molecule has 1 aliphatic rings. The first-order chi connectivity index (χ1) is 8.13. The maximum Gasteiger partial charge on any atom is 0.240 e. The van der Waals surface area contributed by atoms with E-state index in [-0.39, 0.29) is 5.91 Å². The van der Waals surface area contributed by atoms with E-state index in [9.17, 15) is 4.79 Å². The van der Waals surface area contributed by atoms with Crippen LogP contribution in [-0.2, 0) is 4.79 Å². The molecule has 0 unspecified atom stereocenters. The molecular formula is C13H25N3O. The lowest BCUT2D eigenvalue weighted by molar-refractivity contribution is -0.121. The normalized spacial score (nSPS) is 17.3. The molecule has 1 heterocycles. The SMILES string of the molecule is CCCCC(=O)NN=C1CCN(C(C)C)CC1. The molecule has 1 saturated heterocycles. The second-order valence-corrected chi connectivity index (χ2v) is 4.95. The molecule has 0 bridgehead atoms. The van der Waals surface area contributed by atoms with Gasteiger partial charge in [0.05, 0.1) is 0 Å². The summed E-state index contributed by atoms with van der Waals surface area (Å²) in [6.07, 6.45) is 4.54. The van der Waals surface area contributed by atoms with Gasteiger partial charge in [0, 0.05) is 44.1 Å². The van der Waals surface area contributed by atoms with E-state index in [0.29, 0.717) is 12.5 Å². The summed E-state index contributed by atoms with van der Waals surface area (Å²) >= 11 is 0. The summed E-state index contributed by atoms with van der Waals surface area (Å²) in [5, 5.41) is 4.22. The zero-order chi connectivity index (χ0) is 12.7. The van der Waals surface area contributed by atoms with Crippen molar-refractivity contribution < 1.29 is 4.79 Å². The lowest BCUT2D eigenvalue weighted by atomic mass is 10.1. The van der Waals surface area contributed by atoms with E-state index in [2.05, 4.69) is 36.2 Å². The molecule has 1 fully saturated rings. The van der Waals surface area contributed by atoms with Crippen LogP contribution in [0, 0.1) is 0 Å². The quantitative estimate of drug-likeness (QED) is 0.747. The minimum absolute atomic E-state index is 0.0469. The molecule has 0 saturated carbocycles. The number of unbranched alkanes of at least 4 members (excludes halogenated alkanes) is 1. The molecule has 0 aliphatic carbocycles. The molecule has 4 nitrogen and oxygen atoms in total. The van der Waals surface area contributed by atoms with E-state index in [4.69, 9.17) is 0 Å². The van der Waals surface area contributed by atoms with Gasteiger partial charge in [-0.25, -0.2) is 5.43 Å². The van der Waals surface area contributed by atoms with Crippen LogP contribution in [0.2, 0.25) is 0 Å². The number of amides is 1. The number of nitrogens with one attached hydrogen (secondary N) is 1. The fourth-order valence-corrected chi connectivity index (χ4v) is 1.94. The standard InChI is InChI=1S/C13H25N3O/c1-4-5-6-13(17)15-14-12-7-9-16(10-8-12)11(2)3/h11H,4-10H2,1-3H3,(H,15,17). The molecule has 17 heavy (non-hydrogen) atoms. The van der Waals surface area contributed by atoms with Gasteiger partial charge >= 0.3 is 0 Å². The number of rotatable bonds is 5. The van der Waals surface area contributed by atoms with E-state index in [1.54, 1.807) is 0 Å². The third-order valence-electron chi connectivity index (χ3n) is 3.20. The van der Waals surface area contributed by atoms with Gasteiger partial charge in [0.25, 0.3) is 0 Å². The summed E-state index contributed by atoms with van der Waals surface area (Å²) < 4.78 is 0. The van der Waals surface area contributed by atoms with Crippen molar-refractivity contribution >= 4 is 11.6 Å². The van der Waals surface area contributed by atoms with Crippen LogP contribution >= 0.6 is 0 Å². The number of nitrogens with zero attached hydrogens (tertiary/aromatic N) is 2. The fourth-order valence-electron chi connectivity index (χ4n) is 1.94. The molecule has 0 spiro atoms. The molecule has 1 N–H and O–H groups in total. The van der Waals surface area contributed by atoms with Crippen molar-refractivity contribution in [2.24, 2.45) is 5.10 Å². The Balaban J connectivity index is 2.26. The van der Waals surface area contributed by atoms with Crippen molar-refractivity contribution in [1.82, 2.24) is 10.3 Å². The molecule has 1 aliphatic heterocycles. The van der Waals surface area contributed by atoms with Gasteiger partial charge in [-0.3, -0.25) is 4.79 Å². The molecule has 98 valence electrons. The summed E-state index contributed by atoms with van der Waals surface area (Å²) in [5.74, 6) is 0.0469. The highest BCUT2D eigenvalue weighted by Crippen LogP contribution is 2.10. The average molecular weight is 239 g/mol. The van der Waals surface area contributed by atoms with Gasteiger partial charge in [0.1, 0.15) is 0 Å². The summed E-state index contributed by atoms with van der Waals surface area (Å²) in [6.45, 7) is 8.63. The van der Waals surface area contributed by atoms with Crippen LogP contribution in [0.15, 0.2) is 5.10 Å². The zero-order valence-electron chi connectivity index (χ0n) is 11.3. The highest BCUT2D eigenvalue weighted by Gasteiger charge is 2.17. The molecule has 1 amide bonds. The fraction of sp³-hybridized carbons (Fsp3) is 0.846. The van der Waals surface area contributed by atoms with E-state index >= 15 is 0 Å². The first-order valence-electron chi connectivity index (χ1n) is 6.71. The number of piperidine rings is 1. The van der Waals surface area contributed by atoms with Crippen LogP contribution in [0.1, 0.15) is 52.9 Å². The van der Waals surface area contributed by atoms with E-state index < -0.39 is 0 Å². The van der Waals surface area contributed by atoms with Gasteiger partial charge in [-0.05, 0) is 20.3 Å². The predicted octanol–water partition coefficient (Wildman–Crippen LogP) is 2.15. The second kappa shape index (κ2) is 7.43. The monoisotopic (exact) mass is 239 g/mol. The molecule has 4 heteroatoms. The van der Waals surface area contributed by atoms with Gasteiger partial charge in [0.15, 0.2) is 0 Å². The summed E-state index contributed by atoms with van der Waals surface area (Å²) in [6, 6.07) is 0.607. The first kappa shape index (κ1) is 14.2. The smallest absolute Gasteiger partial charge is 0.240 e. The molecule has 1 rings (SSSR count). The lowest BCUT2D eigenvalue weighted by Gasteiger charge is -2.30. The highest BCUT2D eigenvalue weighted by molar-refractivity contribution is 5.87. The van der Waals surface area contributed by atoms with Gasteiger partial charge in [-0.2, -0.15) is 5.10 Å². The average Bonchev–Trinajstić information content (AvgIpc) is 2.34. The van der Waals surface area contributed by atoms with Crippen LogP contribution in [0.3, 0.4) is 0 Å². The summed E-state index contributed by atoms with van der Waals surface area (Å²) in [5.41, 5.74) is 3.79. The van der Waals surface area contributed by atoms with Crippen LogP contribution in [0.25, 0.3) is 0 Å². The Morgan fingerprint density at radius 2 is 2.06 bits per heavy atom. The summed E-state index contributed by atoms with van der Waals surface area (Å²) in [4.78, 5) is 13.8. The molecule has 0 aromatic heterocycles. The Morgan fingerprint density at radius 3 is 2.59 bits per heavy atom. The number of hydrogen-bond donors (Lipinski definition) is 1. The van der Waals surface area contributed by atoms with E-state index in [0.717, 1.165) is 44.5 Å². The molecule has 0 aromatic carbocycles. The molecular weight excluding hydrogens is 214 g/mol. The van der Waals surface area contributed by atoms with Gasteiger partial charge in [0.2, 0.25) is 5.91 Å². The van der Waals surface area contributed by atoms with Crippen molar-refractivity contribution in [2.75, 3.05) is 13.1 Å². The molecule has 0 aromatic rings.